The van der Waals surface area contributed by atoms with Crippen LogP contribution in [0.3, 0.4) is 0 Å². The number of amides is 2. The molecule has 1 atom stereocenters. The van der Waals surface area contributed by atoms with Gasteiger partial charge in [0.1, 0.15) is 6.10 Å². The normalized spacial score (nSPS) is 17.1. The highest BCUT2D eigenvalue weighted by Gasteiger charge is 2.35. The Kier molecular flexibility index (Phi) is 5.23. The van der Waals surface area contributed by atoms with Crippen molar-refractivity contribution in [3.8, 4) is 0 Å². The molecule has 0 radical (unpaired) electrons. The van der Waals surface area contributed by atoms with Crippen LogP contribution in [0.15, 0.2) is 54.6 Å². The molecule has 1 fully saturated rings. The zero-order valence-corrected chi connectivity index (χ0v) is 13.7. The van der Waals surface area contributed by atoms with Crippen LogP contribution in [0.2, 0.25) is 0 Å². The van der Waals surface area contributed by atoms with Gasteiger partial charge in [0.15, 0.2) is 0 Å². The van der Waals surface area contributed by atoms with Gasteiger partial charge in [-0.05, 0) is 17.7 Å². The lowest BCUT2D eigenvalue weighted by Gasteiger charge is -2.29. The van der Waals surface area contributed by atoms with Crippen molar-refractivity contribution in [2.45, 2.75) is 19.1 Å². The van der Waals surface area contributed by atoms with Crippen molar-refractivity contribution in [1.29, 1.82) is 0 Å². The number of hydrogen-bond acceptors (Lipinski definition) is 6. The van der Waals surface area contributed by atoms with Crippen molar-refractivity contribution < 1.29 is 24.0 Å². The average Bonchev–Trinajstić information content (AvgIpc) is 2.62. The van der Waals surface area contributed by atoms with Crippen LogP contribution in [0.25, 0.3) is 0 Å². The molecule has 1 aliphatic heterocycles. The maximum atomic E-state index is 12.3. The number of nitro benzene ring substituents is 1. The number of imide groups is 1. The number of non-ortho nitro benzene ring substituents is 1. The fourth-order valence-corrected chi connectivity index (χ4v) is 2.57. The van der Waals surface area contributed by atoms with Gasteiger partial charge in [0, 0.05) is 12.1 Å². The van der Waals surface area contributed by atoms with E-state index in [-0.39, 0.29) is 24.4 Å². The van der Waals surface area contributed by atoms with E-state index < -0.39 is 23.0 Å². The summed E-state index contributed by atoms with van der Waals surface area (Å²) in [5, 5.41) is 10.7. The van der Waals surface area contributed by atoms with Crippen molar-refractivity contribution in [3.05, 3.63) is 70.3 Å². The molecule has 134 valence electrons. The van der Waals surface area contributed by atoms with Crippen LogP contribution in [0.4, 0.5) is 16.2 Å². The highest BCUT2D eigenvalue weighted by atomic mass is 16.6. The summed E-state index contributed by atoms with van der Waals surface area (Å²) in [6.45, 7) is 0.468. The molecule has 26 heavy (non-hydrogen) atoms. The maximum Gasteiger partial charge on any atom is 0.421 e. The third-order valence-electron chi connectivity index (χ3n) is 3.84. The number of benzene rings is 2. The minimum atomic E-state index is -0.816. The molecule has 2 aromatic rings. The third-order valence-corrected chi connectivity index (χ3v) is 3.84. The Labute approximate surface area is 149 Å². The molecule has 8 nitrogen and oxygen atoms in total. The predicted molar refractivity (Wildman–Crippen MR) is 91.6 cm³/mol. The lowest BCUT2D eigenvalue weighted by atomic mass is 10.2. The van der Waals surface area contributed by atoms with E-state index in [2.05, 4.69) is 0 Å². The van der Waals surface area contributed by atoms with Gasteiger partial charge >= 0.3 is 6.09 Å². The largest absolute Gasteiger partial charge is 0.443 e. The van der Waals surface area contributed by atoms with Crippen molar-refractivity contribution >= 4 is 23.4 Å². The molecule has 0 spiro atoms. The Hall–Kier alpha value is -3.26. The fraction of sp³-hybridized carbons (Fsp3) is 0.222. The topological polar surface area (TPSA) is 99.0 Å². The zero-order valence-electron chi connectivity index (χ0n) is 13.7. The van der Waals surface area contributed by atoms with Gasteiger partial charge in [-0.1, -0.05) is 30.3 Å². The number of nitro groups is 1. The van der Waals surface area contributed by atoms with Crippen LogP contribution < -0.4 is 4.90 Å². The summed E-state index contributed by atoms with van der Waals surface area (Å²) in [4.78, 5) is 35.5. The molecule has 8 heteroatoms. The van der Waals surface area contributed by atoms with E-state index in [9.17, 15) is 19.7 Å². The standard InChI is InChI=1S/C18H16N2O6/c21-17-10-16(12-25-11-13-4-2-1-3-5-13)26-18(22)19(17)14-6-8-15(9-7-14)20(23)24/h1-9,16H,10-12H2. The SMILES string of the molecule is O=C1CC(COCc2ccccc2)OC(=O)N1c1ccc([N+](=O)[O-])cc1. The summed E-state index contributed by atoms with van der Waals surface area (Å²) >= 11 is 0. The predicted octanol–water partition coefficient (Wildman–Crippen LogP) is 3.05. The molecule has 0 bridgehead atoms. The van der Waals surface area contributed by atoms with Crippen LogP contribution >= 0.6 is 0 Å². The Morgan fingerprint density at radius 1 is 1.12 bits per heavy atom. The first-order valence-corrected chi connectivity index (χ1v) is 7.94. The van der Waals surface area contributed by atoms with E-state index in [0.717, 1.165) is 10.5 Å². The second-order valence-electron chi connectivity index (χ2n) is 5.71. The highest BCUT2D eigenvalue weighted by Crippen LogP contribution is 2.24. The molecular formula is C18H16N2O6. The summed E-state index contributed by atoms with van der Waals surface area (Å²) < 4.78 is 10.8. The monoisotopic (exact) mass is 356 g/mol. The average molecular weight is 356 g/mol. The first-order valence-electron chi connectivity index (χ1n) is 7.94. The Morgan fingerprint density at radius 3 is 2.42 bits per heavy atom. The van der Waals surface area contributed by atoms with Crippen LogP contribution in [-0.2, 0) is 20.9 Å². The van der Waals surface area contributed by atoms with Crippen LogP contribution in [0.1, 0.15) is 12.0 Å². The van der Waals surface area contributed by atoms with Gasteiger partial charge in [0.2, 0.25) is 5.91 Å². The molecule has 3 rings (SSSR count). The molecular weight excluding hydrogens is 340 g/mol. The second-order valence-corrected chi connectivity index (χ2v) is 5.71. The molecule has 0 aliphatic carbocycles. The number of cyclic esters (lactones) is 1. The van der Waals surface area contributed by atoms with Gasteiger partial charge in [-0.3, -0.25) is 14.9 Å². The Morgan fingerprint density at radius 2 is 1.81 bits per heavy atom. The zero-order chi connectivity index (χ0) is 18.5. The molecule has 0 N–H and O–H groups in total. The van der Waals surface area contributed by atoms with E-state index >= 15 is 0 Å². The fourth-order valence-electron chi connectivity index (χ4n) is 2.57. The van der Waals surface area contributed by atoms with Gasteiger partial charge in [-0.25, -0.2) is 9.69 Å². The van der Waals surface area contributed by atoms with E-state index in [0.29, 0.717) is 6.61 Å². The molecule has 1 heterocycles. The van der Waals surface area contributed by atoms with Crippen LogP contribution in [0.5, 0.6) is 0 Å². The third kappa shape index (κ3) is 4.04. The first kappa shape index (κ1) is 17.6. The van der Waals surface area contributed by atoms with Gasteiger partial charge in [0.25, 0.3) is 5.69 Å². The molecule has 1 unspecified atom stereocenters. The van der Waals surface area contributed by atoms with Crippen LogP contribution in [0, 0.1) is 10.1 Å². The Bertz CT molecular complexity index is 788. The number of carbonyl (C=O) groups excluding carboxylic acids is 2. The van der Waals surface area contributed by atoms with Gasteiger partial charge in [0.05, 0.1) is 30.2 Å². The summed E-state index contributed by atoms with van der Waals surface area (Å²) in [6.07, 6.45) is -1.49. The van der Waals surface area contributed by atoms with E-state index in [1.165, 1.54) is 24.3 Å². The number of ether oxygens (including phenoxy) is 2. The molecule has 2 aromatic carbocycles. The van der Waals surface area contributed by atoms with Crippen molar-refractivity contribution in [1.82, 2.24) is 0 Å². The maximum absolute atomic E-state index is 12.3. The minimum absolute atomic E-state index is 0.0164. The number of hydrogen-bond donors (Lipinski definition) is 0. The van der Waals surface area contributed by atoms with E-state index in [4.69, 9.17) is 9.47 Å². The van der Waals surface area contributed by atoms with E-state index in [1.807, 2.05) is 30.3 Å². The summed E-state index contributed by atoms with van der Waals surface area (Å²) in [7, 11) is 0. The number of nitrogens with zero attached hydrogens (tertiary/aromatic N) is 2. The molecule has 2 amide bonds. The molecule has 0 aromatic heterocycles. The Balaban J connectivity index is 1.58. The van der Waals surface area contributed by atoms with Gasteiger partial charge in [-0.2, -0.15) is 0 Å². The van der Waals surface area contributed by atoms with Crippen molar-refractivity contribution in [2.75, 3.05) is 11.5 Å². The van der Waals surface area contributed by atoms with E-state index in [1.54, 1.807) is 0 Å². The minimum Gasteiger partial charge on any atom is -0.443 e. The number of carbonyl (C=O) groups is 2. The quantitative estimate of drug-likeness (QED) is 0.583. The van der Waals surface area contributed by atoms with Crippen molar-refractivity contribution in [2.24, 2.45) is 0 Å². The second kappa shape index (κ2) is 7.75. The van der Waals surface area contributed by atoms with Crippen LogP contribution in [-0.4, -0.2) is 29.6 Å². The van der Waals surface area contributed by atoms with Crippen molar-refractivity contribution in [3.63, 3.8) is 0 Å². The molecule has 1 aliphatic rings. The lowest BCUT2D eigenvalue weighted by Crippen LogP contribution is -2.47. The van der Waals surface area contributed by atoms with Gasteiger partial charge < -0.3 is 9.47 Å². The molecule has 1 saturated heterocycles. The summed E-state index contributed by atoms with van der Waals surface area (Å²) in [5.74, 6) is -0.441. The smallest absolute Gasteiger partial charge is 0.421 e. The molecule has 0 saturated carbocycles. The lowest BCUT2D eigenvalue weighted by molar-refractivity contribution is -0.384. The first-order chi connectivity index (χ1) is 12.5. The summed E-state index contributed by atoms with van der Waals surface area (Å²) in [5.41, 5.74) is 1.08. The van der Waals surface area contributed by atoms with Gasteiger partial charge in [-0.15, -0.1) is 0 Å². The number of anilines is 1. The number of rotatable bonds is 6. The highest BCUT2D eigenvalue weighted by molar-refractivity contribution is 6.13. The summed E-state index contributed by atoms with van der Waals surface area (Å²) in [6, 6.07) is 14.6.